The number of hydrogen-bond donors (Lipinski definition) is 0. The van der Waals surface area contributed by atoms with Crippen molar-refractivity contribution in [2.75, 3.05) is 140 Å². The molecule has 0 N–H and O–H groups in total. The van der Waals surface area contributed by atoms with Gasteiger partial charge >= 0.3 is 0 Å². The fourth-order valence-electron chi connectivity index (χ4n) is 7.00. The monoisotopic (exact) mass is 854 g/mol. The van der Waals surface area contributed by atoms with Gasteiger partial charge < -0.3 is 52.6 Å². The topological polar surface area (TPSA) is 155 Å². The lowest BCUT2D eigenvalue weighted by Crippen LogP contribution is -2.34. The molecule has 0 saturated carbocycles. The maximum Gasteiger partial charge on any atom is 0.152 e. The second kappa shape index (κ2) is 24.7. The molecule has 0 aliphatic carbocycles. The van der Waals surface area contributed by atoms with Crippen LogP contribution >= 0.6 is 0 Å². The first-order valence-corrected chi connectivity index (χ1v) is 21.1. The fraction of sp³-hybridized carbons (Fsp3) is 0.457. The van der Waals surface area contributed by atoms with Crippen LogP contribution < -0.4 is 28.9 Å². The highest BCUT2D eigenvalue weighted by Gasteiger charge is 2.20. The molecule has 0 unspecified atom stereocenters. The summed E-state index contributed by atoms with van der Waals surface area (Å²) >= 11 is 0. The van der Waals surface area contributed by atoms with Gasteiger partial charge in [0.15, 0.2) is 6.29 Å². The number of aryl methyl sites for hydroxylation is 2. The van der Waals surface area contributed by atoms with Crippen LogP contribution in [0.2, 0.25) is 0 Å². The Kier molecular flexibility index (Phi) is 18.3. The molecule has 4 aromatic rings. The number of hydrogen-bond acceptors (Lipinski definition) is 16. The molecule has 7 rings (SSSR count). The number of anilines is 3. The number of azo groups is 1. The molecule has 1 saturated heterocycles. The summed E-state index contributed by atoms with van der Waals surface area (Å²) in [6.45, 7) is 12.9. The molecule has 332 valence electrons. The molecule has 0 radical (unpaired) electrons. The van der Waals surface area contributed by atoms with Crippen LogP contribution in [0.25, 0.3) is 0 Å². The van der Waals surface area contributed by atoms with Gasteiger partial charge in [0.1, 0.15) is 42.8 Å². The third-order valence-corrected chi connectivity index (χ3v) is 10.3. The SMILES string of the molecule is COCCOc1cc(N=Nc2ccc(N=O)c(C=O)c2)ccc1N1CCOc2cc(C)ccc2N2CCOCCOCCN(CCOCCOCC2)c2ccc(C)cc2OCC1. The van der Waals surface area contributed by atoms with Crippen LogP contribution in [0.4, 0.5) is 34.1 Å². The zero-order valence-electron chi connectivity index (χ0n) is 36.0. The number of carbonyl (C=O) groups excluding carboxylic acids is 1. The molecule has 2 bridgehead atoms. The van der Waals surface area contributed by atoms with Gasteiger partial charge in [-0.05, 0) is 84.7 Å². The Balaban J connectivity index is 1.35. The number of fused-ring (bicyclic) bond motifs is 20. The van der Waals surface area contributed by atoms with E-state index in [0.29, 0.717) is 142 Å². The Morgan fingerprint density at radius 3 is 1.53 bits per heavy atom. The van der Waals surface area contributed by atoms with Crippen molar-refractivity contribution in [2.45, 2.75) is 13.8 Å². The number of aldehydes is 1. The Morgan fingerprint density at radius 2 is 1.03 bits per heavy atom. The molecule has 3 heterocycles. The van der Waals surface area contributed by atoms with Crippen LogP contribution in [0.3, 0.4) is 0 Å². The van der Waals surface area contributed by atoms with Gasteiger partial charge in [0.05, 0.1) is 101 Å². The van der Waals surface area contributed by atoms with E-state index >= 15 is 0 Å². The Hall–Kier alpha value is -5.65. The van der Waals surface area contributed by atoms with E-state index in [1.54, 1.807) is 13.2 Å². The number of methoxy groups -OCH3 is 1. The van der Waals surface area contributed by atoms with Crippen LogP contribution in [-0.4, -0.2) is 132 Å². The van der Waals surface area contributed by atoms with Crippen molar-refractivity contribution >= 4 is 40.4 Å². The summed E-state index contributed by atoms with van der Waals surface area (Å²) in [5.41, 5.74) is 5.94. The molecule has 0 spiro atoms. The Morgan fingerprint density at radius 1 is 0.565 bits per heavy atom. The number of nitroso groups, excluding NO2 is 1. The molecule has 3 aliphatic heterocycles. The second-order valence-corrected chi connectivity index (χ2v) is 14.7. The summed E-state index contributed by atoms with van der Waals surface area (Å²) in [7, 11) is 1.62. The summed E-state index contributed by atoms with van der Waals surface area (Å²) in [6, 6.07) is 22.6. The minimum atomic E-state index is 0.0383. The first-order chi connectivity index (χ1) is 30.4. The van der Waals surface area contributed by atoms with E-state index in [1.807, 2.05) is 18.2 Å². The highest BCUT2D eigenvalue weighted by atomic mass is 16.5. The number of benzene rings is 4. The van der Waals surface area contributed by atoms with Crippen LogP contribution in [-0.2, 0) is 23.7 Å². The molecule has 16 heteroatoms. The van der Waals surface area contributed by atoms with Gasteiger partial charge in [-0.2, -0.15) is 10.2 Å². The molecule has 1 fully saturated rings. The number of nitrogens with zero attached hydrogens (tertiary/aromatic N) is 6. The Bertz CT molecular complexity index is 1970. The molecule has 4 aromatic carbocycles. The first-order valence-electron chi connectivity index (χ1n) is 21.1. The van der Waals surface area contributed by atoms with E-state index in [1.165, 1.54) is 12.1 Å². The smallest absolute Gasteiger partial charge is 0.152 e. The van der Waals surface area contributed by atoms with E-state index in [2.05, 4.69) is 80.4 Å². The third kappa shape index (κ3) is 13.7. The lowest BCUT2D eigenvalue weighted by molar-refractivity contribution is 0.0435. The van der Waals surface area contributed by atoms with Crippen molar-refractivity contribution in [1.29, 1.82) is 0 Å². The van der Waals surface area contributed by atoms with Gasteiger partial charge in [-0.3, -0.25) is 4.79 Å². The molecule has 62 heavy (non-hydrogen) atoms. The van der Waals surface area contributed by atoms with Crippen molar-refractivity contribution < 1.29 is 42.7 Å². The third-order valence-electron chi connectivity index (χ3n) is 10.3. The van der Waals surface area contributed by atoms with Crippen molar-refractivity contribution in [1.82, 2.24) is 0 Å². The van der Waals surface area contributed by atoms with Crippen molar-refractivity contribution in [3.63, 3.8) is 0 Å². The lowest BCUT2D eigenvalue weighted by atomic mass is 10.2. The molecule has 16 nitrogen and oxygen atoms in total. The lowest BCUT2D eigenvalue weighted by Gasteiger charge is -2.29. The molecular formula is C46H58N6O10. The molecular weight excluding hydrogens is 797 g/mol. The zero-order chi connectivity index (χ0) is 43.4. The summed E-state index contributed by atoms with van der Waals surface area (Å²) in [5, 5.41) is 11.7. The Labute approximate surface area is 363 Å². The normalized spacial score (nSPS) is 16.7. The van der Waals surface area contributed by atoms with Crippen LogP contribution in [0.15, 0.2) is 88.2 Å². The standard InChI is InChI=1S/C46H58N6O10/c1-35-4-9-41-44(30-35)60-22-16-52(43-11-7-39(33-46(43)62-29-24-55-3)48-47-38-6-8-40(49-54)37(32-38)34-53)17-23-61-45-31-36(2)5-10-42(45)51-14-20-58-27-25-56-18-12-50(41)13-19-57-26-28-59-21-15-51/h4-11,30-34H,12-29H2,1-3H3. The van der Waals surface area contributed by atoms with Gasteiger partial charge in [-0.15, -0.1) is 4.91 Å². The summed E-state index contributed by atoms with van der Waals surface area (Å²) < 4.78 is 49.3. The summed E-state index contributed by atoms with van der Waals surface area (Å²) in [4.78, 5) is 29.3. The van der Waals surface area contributed by atoms with Crippen molar-refractivity contribution in [3.8, 4) is 17.2 Å². The number of carbonyl (C=O) groups is 1. The molecule has 0 aromatic heterocycles. The largest absolute Gasteiger partial charge is 0.490 e. The average Bonchev–Trinajstić information content (AvgIpc) is 3.28. The van der Waals surface area contributed by atoms with Gasteiger partial charge in [0.25, 0.3) is 0 Å². The quantitative estimate of drug-likeness (QED) is 0.0534. The highest BCUT2D eigenvalue weighted by Crippen LogP contribution is 2.36. The van der Waals surface area contributed by atoms with Crippen LogP contribution in [0.5, 0.6) is 17.2 Å². The van der Waals surface area contributed by atoms with Gasteiger partial charge in [0.2, 0.25) is 0 Å². The highest BCUT2D eigenvalue weighted by molar-refractivity contribution is 5.84. The predicted octanol–water partition coefficient (Wildman–Crippen LogP) is 7.63. The van der Waals surface area contributed by atoms with E-state index in [4.69, 9.17) is 37.9 Å². The molecule has 3 aliphatic rings. The maximum atomic E-state index is 11.5. The van der Waals surface area contributed by atoms with E-state index in [0.717, 1.165) is 39.7 Å². The predicted molar refractivity (Wildman–Crippen MR) is 239 cm³/mol. The number of ether oxygens (including phenoxy) is 8. The van der Waals surface area contributed by atoms with Crippen LogP contribution in [0, 0.1) is 18.8 Å². The van der Waals surface area contributed by atoms with E-state index in [-0.39, 0.29) is 11.3 Å². The minimum absolute atomic E-state index is 0.0383. The fourth-order valence-corrected chi connectivity index (χ4v) is 7.00. The first kappa shape index (κ1) is 45.9. The van der Waals surface area contributed by atoms with Crippen molar-refractivity contribution in [2.24, 2.45) is 15.4 Å². The number of rotatable bonds is 9. The second-order valence-electron chi connectivity index (χ2n) is 14.7. The average molecular weight is 855 g/mol. The minimum Gasteiger partial charge on any atom is -0.490 e. The van der Waals surface area contributed by atoms with E-state index < -0.39 is 0 Å². The molecule has 0 amide bonds. The summed E-state index contributed by atoms with van der Waals surface area (Å²) in [6.07, 6.45) is 0.566. The summed E-state index contributed by atoms with van der Waals surface area (Å²) in [5.74, 6) is 2.08. The van der Waals surface area contributed by atoms with Gasteiger partial charge in [-0.25, -0.2) is 0 Å². The van der Waals surface area contributed by atoms with Crippen LogP contribution in [0.1, 0.15) is 21.5 Å². The molecule has 0 atom stereocenters. The maximum absolute atomic E-state index is 11.5. The zero-order valence-corrected chi connectivity index (χ0v) is 36.0. The van der Waals surface area contributed by atoms with Gasteiger partial charge in [0, 0.05) is 44.9 Å². The van der Waals surface area contributed by atoms with Gasteiger partial charge in [-0.1, -0.05) is 12.1 Å². The van der Waals surface area contributed by atoms with E-state index in [9.17, 15) is 9.70 Å². The van der Waals surface area contributed by atoms with Crippen molar-refractivity contribution in [3.05, 3.63) is 94.4 Å².